The van der Waals surface area contributed by atoms with Crippen LogP contribution in [0, 0.1) is 46.3 Å². The number of anilines is 1. The number of amides is 1. The average molecular weight is 653 g/mol. The van der Waals surface area contributed by atoms with Crippen LogP contribution >= 0.6 is 0 Å². The monoisotopic (exact) mass is 652 g/mol. The van der Waals surface area contributed by atoms with Gasteiger partial charge in [-0.1, -0.05) is 72.0 Å². The summed E-state index contributed by atoms with van der Waals surface area (Å²) in [5.41, 5.74) is 2.79. The Balaban J connectivity index is 1.04. The van der Waals surface area contributed by atoms with Crippen LogP contribution in [0.1, 0.15) is 125 Å². The summed E-state index contributed by atoms with van der Waals surface area (Å²) in [5.74, 6) is 4.90. The van der Waals surface area contributed by atoms with Gasteiger partial charge in [-0.15, -0.1) is 0 Å². The first-order valence-corrected chi connectivity index (χ1v) is 20.1. The molecule has 0 spiro atoms. The van der Waals surface area contributed by atoms with Gasteiger partial charge in [-0.3, -0.25) is 5.32 Å². The van der Waals surface area contributed by atoms with Gasteiger partial charge in [0.1, 0.15) is 6.10 Å². The van der Waals surface area contributed by atoms with Crippen LogP contribution in [-0.2, 0) is 14.8 Å². The highest BCUT2D eigenvalue weighted by Gasteiger charge is 2.59. The number of ether oxygens (including phenoxy) is 1. The molecule has 46 heavy (non-hydrogen) atoms. The van der Waals surface area contributed by atoms with Gasteiger partial charge in [-0.2, -0.15) is 4.31 Å². The SMILES string of the molecule is CC(C)CCC[C@@H](C)[C@H]1CC[C@H]2[C@@H]3CC=C4C[C@@H](OC(=O)Nc5ccc(S(=O)(=O)N6CCCCC6)cc5)CC[C@]4(C)[C@H]3CC[C@]12C. The predicted molar refractivity (Wildman–Crippen MR) is 186 cm³/mol. The van der Waals surface area contributed by atoms with Crippen LogP contribution in [0.25, 0.3) is 0 Å². The second-order valence-corrected chi connectivity index (χ2v) is 18.6. The third kappa shape index (κ3) is 6.58. The van der Waals surface area contributed by atoms with E-state index in [0.29, 0.717) is 24.2 Å². The molecule has 4 fully saturated rings. The molecular formula is C39H60N2O4S. The number of allylic oxidation sites excluding steroid dienone is 1. The van der Waals surface area contributed by atoms with Crippen LogP contribution in [0.4, 0.5) is 10.5 Å². The zero-order chi connectivity index (χ0) is 32.7. The molecule has 256 valence electrons. The average Bonchev–Trinajstić information content (AvgIpc) is 3.39. The first-order chi connectivity index (χ1) is 21.9. The minimum atomic E-state index is -3.49. The maximum atomic E-state index is 13.0. The van der Waals surface area contributed by atoms with Gasteiger partial charge in [0.2, 0.25) is 10.0 Å². The van der Waals surface area contributed by atoms with Gasteiger partial charge in [-0.25, -0.2) is 13.2 Å². The fourth-order valence-electron chi connectivity index (χ4n) is 11.0. The molecule has 0 unspecified atom stereocenters. The van der Waals surface area contributed by atoms with Gasteiger partial charge in [0, 0.05) is 25.2 Å². The topological polar surface area (TPSA) is 75.7 Å². The Morgan fingerprint density at radius 2 is 1.70 bits per heavy atom. The lowest BCUT2D eigenvalue weighted by Crippen LogP contribution is -2.51. The molecular weight excluding hydrogens is 593 g/mol. The molecule has 0 radical (unpaired) electrons. The van der Waals surface area contributed by atoms with Crippen LogP contribution in [0.15, 0.2) is 40.8 Å². The molecule has 1 saturated heterocycles. The zero-order valence-corrected chi connectivity index (χ0v) is 30.0. The normalized spacial score (nSPS) is 35.4. The second kappa shape index (κ2) is 13.6. The molecule has 3 saturated carbocycles. The Morgan fingerprint density at radius 3 is 2.41 bits per heavy atom. The van der Waals surface area contributed by atoms with Crippen molar-refractivity contribution in [1.82, 2.24) is 4.31 Å². The third-order valence-corrected chi connectivity index (χ3v) is 15.5. The lowest BCUT2D eigenvalue weighted by atomic mass is 9.47. The summed E-state index contributed by atoms with van der Waals surface area (Å²) < 4.78 is 33.5. The number of carbonyl (C=O) groups excluding carboxylic acids is 1. The van der Waals surface area contributed by atoms with E-state index in [0.717, 1.165) is 74.0 Å². The van der Waals surface area contributed by atoms with E-state index in [-0.39, 0.29) is 16.4 Å². The van der Waals surface area contributed by atoms with Crippen LogP contribution < -0.4 is 5.32 Å². The van der Waals surface area contributed by atoms with E-state index >= 15 is 0 Å². The van der Waals surface area contributed by atoms with E-state index in [4.69, 9.17) is 4.74 Å². The van der Waals surface area contributed by atoms with E-state index in [1.165, 1.54) is 56.9 Å². The van der Waals surface area contributed by atoms with Crippen molar-refractivity contribution in [2.24, 2.45) is 46.3 Å². The summed E-state index contributed by atoms with van der Waals surface area (Å²) in [6, 6.07) is 6.50. The first kappa shape index (κ1) is 34.0. The number of nitrogens with zero attached hydrogens (tertiary/aromatic N) is 1. The fraction of sp³-hybridized carbons (Fsp3) is 0.769. The molecule has 1 aromatic carbocycles. The Morgan fingerprint density at radius 1 is 0.957 bits per heavy atom. The Labute approximate surface area is 279 Å². The van der Waals surface area contributed by atoms with E-state index in [9.17, 15) is 13.2 Å². The van der Waals surface area contributed by atoms with E-state index in [1.807, 2.05) is 0 Å². The standard InChI is InChI=1S/C39H60N2O4S/c1-27(2)10-9-11-28(3)34-18-19-35-33-17-12-29-26-31(20-22-38(29,4)36(33)21-23-39(34,35)5)45-37(42)40-30-13-15-32(16-14-30)46(43,44)41-24-7-6-8-25-41/h12-16,27-28,31,33-36H,6-11,17-26H2,1-5H3,(H,40,42)/t28-,31+,33+,34-,35+,36+,38+,39-/m1/s1. The number of rotatable bonds is 9. The number of nitrogens with one attached hydrogen (secondary N) is 1. The van der Waals surface area contributed by atoms with Crippen molar-refractivity contribution in [3.63, 3.8) is 0 Å². The third-order valence-electron chi connectivity index (χ3n) is 13.6. The molecule has 4 aliphatic carbocycles. The maximum absolute atomic E-state index is 13.0. The van der Waals surface area contributed by atoms with Crippen molar-refractivity contribution in [1.29, 1.82) is 0 Å². The van der Waals surface area contributed by atoms with E-state index < -0.39 is 16.1 Å². The minimum absolute atomic E-state index is 0.119. The molecule has 6 nitrogen and oxygen atoms in total. The van der Waals surface area contributed by atoms with Crippen LogP contribution in [0.2, 0.25) is 0 Å². The molecule has 1 amide bonds. The van der Waals surface area contributed by atoms with Crippen LogP contribution in [-0.4, -0.2) is 38.0 Å². The van der Waals surface area contributed by atoms with E-state index in [2.05, 4.69) is 46.0 Å². The number of carbonyl (C=O) groups is 1. The summed E-state index contributed by atoms with van der Waals surface area (Å²) in [6.07, 6.45) is 18.5. The van der Waals surface area contributed by atoms with Crippen LogP contribution in [0.3, 0.4) is 0 Å². The first-order valence-electron chi connectivity index (χ1n) is 18.7. The molecule has 6 rings (SSSR count). The molecule has 1 aliphatic heterocycles. The van der Waals surface area contributed by atoms with Crippen molar-refractivity contribution in [2.75, 3.05) is 18.4 Å². The molecule has 8 atom stereocenters. The fourth-order valence-corrected chi connectivity index (χ4v) is 12.5. The number of hydrogen-bond donors (Lipinski definition) is 1. The quantitative estimate of drug-likeness (QED) is 0.270. The molecule has 0 bridgehead atoms. The van der Waals surface area contributed by atoms with Crippen molar-refractivity contribution < 1.29 is 17.9 Å². The smallest absolute Gasteiger partial charge is 0.411 e. The summed E-state index contributed by atoms with van der Waals surface area (Å²) in [4.78, 5) is 13.2. The Bertz CT molecular complexity index is 1370. The molecule has 7 heteroatoms. The Hall–Kier alpha value is -1.86. The van der Waals surface area contributed by atoms with Crippen molar-refractivity contribution >= 4 is 21.8 Å². The zero-order valence-electron chi connectivity index (χ0n) is 29.2. The highest BCUT2D eigenvalue weighted by atomic mass is 32.2. The summed E-state index contributed by atoms with van der Waals surface area (Å²) in [6.45, 7) is 13.6. The number of hydrogen-bond acceptors (Lipinski definition) is 4. The highest BCUT2D eigenvalue weighted by Crippen LogP contribution is 2.67. The van der Waals surface area contributed by atoms with E-state index in [1.54, 1.807) is 28.6 Å². The summed E-state index contributed by atoms with van der Waals surface area (Å²) in [7, 11) is -3.49. The predicted octanol–water partition coefficient (Wildman–Crippen LogP) is 9.82. The number of benzene rings is 1. The number of fused-ring (bicyclic) bond motifs is 5. The van der Waals surface area contributed by atoms with Gasteiger partial charge in [0.05, 0.1) is 4.90 Å². The molecule has 5 aliphatic rings. The number of piperidine rings is 1. The van der Waals surface area contributed by atoms with Crippen molar-refractivity contribution in [3.05, 3.63) is 35.9 Å². The summed E-state index contributed by atoms with van der Waals surface area (Å²) >= 11 is 0. The van der Waals surface area contributed by atoms with Crippen molar-refractivity contribution in [3.8, 4) is 0 Å². The van der Waals surface area contributed by atoms with Crippen LogP contribution in [0.5, 0.6) is 0 Å². The lowest BCUT2D eigenvalue weighted by Gasteiger charge is -2.58. The maximum Gasteiger partial charge on any atom is 0.411 e. The highest BCUT2D eigenvalue weighted by molar-refractivity contribution is 7.89. The van der Waals surface area contributed by atoms with Gasteiger partial charge >= 0.3 is 6.09 Å². The largest absolute Gasteiger partial charge is 0.446 e. The van der Waals surface area contributed by atoms with Crippen molar-refractivity contribution in [2.45, 2.75) is 136 Å². The molecule has 1 aromatic rings. The minimum Gasteiger partial charge on any atom is -0.446 e. The van der Waals surface area contributed by atoms with Gasteiger partial charge in [0.25, 0.3) is 0 Å². The van der Waals surface area contributed by atoms with Gasteiger partial charge in [0.15, 0.2) is 0 Å². The number of sulfonamides is 1. The van der Waals surface area contributed by atoms with Gasteiger partial charge < -0.3 is 4.74 Å². The molecule has 1 N–H and O–H groups in total. The second-order valence-electron chi connectivity index (χ2n) is 16.7. The Kier molecular flexibility index (Phi) is 10.0. The lowest BCUT2D eigenvalue weighted by molar-refractivity contribution is -0.0577. The summed E-state index contributed by atoms with van der Waals surface area (Å²) in [5, 5.41) is 2.85. The molecule has 1 heterocycles. The van der Waals surface area contributed by atoms with Gasteiger partial charge in [-0.05, 0) is 128 Å². The molecule has 0 aromatic heterocycles.